The number of ether oxygens (including phenoxy) is 1. The molecule has 4 rings (SSSR count). The van der Waals surface area contributed by atoms with Gasteiger partial charge in [-0.1, -0.05) is 60.7 Å². The summed E-state index contributed by atoms with van der Waals surface area (Å²) in [6.45, 7) is 4.01. The second-order valence-electron chi connectivity index (χ2n) is 7.86. The summed E-state index contributed by atoms with van der Waals surface area (Å²) in [4.78, 5) is 14.9. The molecule has 2 aliphatic rings. The summed E-state index contributed by atoms with van der Waals surface area (Å²) in [5.41, 5.74) is 8.85. The van der Waals surface area contributed by atoms with E-state index in [0.29, 0.717) is 25.7 Å². The summed E-state index contributed by atoms with van der Waals surface area (Å²) < 4.78 is 6.09. The molecule has 0 bridgehead atoms. The van der Waals surface area contributed by atoms with Crippen molar-refractivity contribution in [3.63, 3.8) is 0 Å². The van der Waals surface area contributed by atoms with Gasteiger partial charge in [-0.25, -0.2) is 5.43 Å². The number of hydrazine groups is 1. The zero-order valence-electron chi connectivity index (χ0n) is 16.4. The molecule has 2 heterocycles. The van der Waals surface area contributed by atoms with Crippen LogP contribution in [0.5, 0.6) is 0 Å². The Morgan fingerprint density at radius 3 is 2.29 bits per heavy atom. The fourth-order valence-electron chi connectivity index (χ4n) is 4.26. The quantitative estimate of drug-likeness (QED) is 0.839. The summed E-state index contributed by atoms with van der Waals surface area (Å²) in [5.74, 6) is 0.440. The molecule has 5 nitrogen and oxygen atoms in total. The first kappa shape index (κ1) is 19.1. The van der Waals surface area contributed by atoms with Crippen LogP contribution < -0.4 is 10.9 Å². The minimum atomic E-state index is -0.132. The molecule has 2 aromatic carbocycles. The third-order valence-corrected chi connectivity index (χ3v) is 5.74. The van der Waals surface area contributed by atoms with Crippen molar-refractivity contribution in [1.29, 1.82) is 0 Å². The Balaban J connectivity index is 1.47. The Bertz CT molecular complexity index is 728. The minimum absolute atomic E-state index is 0.0369. The number of hydrogen-bond donors (Lipinski definition) is 2. The number of rotatable bonds is 5. The largest absolute Gasteiger partial charge is 0.375 e. The predicted octanol–water partition coefficient (Wildman–Crippen LogP) is 2.69. The number of carbonyl (C=O) groups is 1. The normalized spacial score (nSPS) is 25.2. The fourth-order valence-corrected chi connectivity index (χ4v) is 4.26. The van der Waals surface area contributed by atoms with E-state index in [1.165, 1.54) is 11.1 Å². The third kappa shape index (κ3) is 4.43. The summed E-state index contributed by atoms with van der Waals surface area (Å²) in [6, 6.07) is 21.4. The molecule has 5 heteroatoms. The smallest absolute Gasteiger partial charge is 0.241 e. The van der Waals surface area contributed by atoms with Gasteiger partial charge in [0.1, 0.15) is 6.04 Å². The second kappa shape index (κ2) is 8.86. The van der Waals surface area contributed by atoms with Crippen LogP contribution >= 0.6 is 0 Å². The van der Waals surface area contributed by atoms with E-state index in [1.54, 1.807) is 0 Å². The highest BCUT2D eigenvalue weighted by molar-refractivity contribution is 5.82. The minimum Gasteiger partial charge on any atom is -0.375 e. The topological polar surface area (TPSA) is 53.6 Å². The highest BCUT2D eigenvalue weighted by Crippen LogP contribution is 2.31. The molecule has 0 radical (unpaired) electrons. The Hall–Kier alpha value is -2.21. The van der Waals surface area contributed by atoms with Crippen LogP contribution in [0, 0.1) is 0 Å². The van der Waals surface area contributed by atoms with Crippen molar-refractivity contribution in [2.75, 3.05) is 19.7 Å². The Labute approximate surface area is 167 Å². The zero-order valence-corrected chi connectivity index (χ0v) is 16.4. The van der Waals surface area contributed by atoms with Gasteiger partial charge in [0.05, 0.1) is 12.7 Å². The molecule has 0 aliphatic carbocycles. The van der Waals surface area contributed by atoms with Gasteiger partial charge in [0.15, 0.2) is 0 Å². The fraction of sp³-hybridized carbons (Fsp3) is 0.435. The van der Waals surface area contributed by atoms with Gasteiger partial charge < -0.3 is 9.64 Å². The molecule has 2 aliphatic heterocycles. The average Bonchev–Trinajstić information content (AvgIpc) is 3.19. The molecule has 1 amide bonds. The van der Waals surface area contributed by atoms with E-state index in [1.807, 2.05) is 17.0 Å². The lowest BCUT2D eigenvalue weighted by atomic mass is 9.86. The SMILES string of the molecule is CC1CC(C(=O)N2CCOC(CC(c3ccccc3)c3ccccc3)C2)NN1. The van der Waals surface area contributed by atoms with Gasteiger partial charge in [0.2, 0.25) is 5.91 Å². The third-order valence-electron chi connectivity index (χ3n) is 5.74. The van der Waals surface area contributed by atoms with Gasteiger partial charge >= 0.3 is 0 Å². The molecule has 0 saturated carbocycles. The van der Waals surface area contributed by atoms with Gasteiger partial charge in [-0.15, -0.1) is 0 Å². The van der Waals surface area contributed by atoms with E-state index in [0.717, 1.165) is 12.8 Å². The maximum absolute atomic E-state index is 12.9. The monoisotopic (exact) mass is 379 g/mol. The van der Waals surface area contributed by atoms with Crippen molar-refractivity contribution in [2.45, 2.75) is 43.9 Å². The Morgan fingerprint density at radius 1 is 1.07 bits per heavy atom. The molecule has 0 aromatic heterocycles. The first-order chi connectivity index (χ1) is 13.7. The molecule has 3 unspecified atom stereocenters. The van der Waals surface area contributed by atoms with Crippen molar-refractivity contribution in [1.82, 2.24) is 15.8 Å². The number of nitrogens with one attached hydrogen (secondary N) is 2. The highest BCUT2D eigenvalue weighted by atomic mass is 16.5. The maximum Gasteiger partial charge on any atom is 0.241 e. The number of carbonyl (C=O) groups excluding carboxylic acids is 1. The molecule has 2 saturated heterocycles. The number of morpholine rings is 1. The van der Waals surface area contributed by atoms with Crippen molar-refractivity contribution in [2.24, 2.45) is 0 Å². The molecule has 3 atom stereocenters. The van der Waals surface area contributed by atoms with Gasteiger partial charge in [0.25, 0.3) is 0 Å². The molecule has 2 aromatic rings. The van der Waals surface area contributed by atoms with Crippen LogP contribution in [0.15, 0.2) is 60.7 Å². The van der Waals surface area contributed by atoms with Crippen LogP contribution in [0.1, 0.15) is 36.8 Å². The zero-order chi connectivity index (χ0) is 19.3. The lowest BCUT2D eigenvalue weighted by molar-refractivity contribution is -0.141. The Kier molecular flexibility index (Phi) is 6.05. The first-order valence-corrected chi connectivity index (χ1v) is 10.2. The number of hydrogen-bond acceptors (Lipinski definition) is 4. The van der Waals surface area contributed by atoms with Crippen molar-refractivity contribution in [3.8, 4) is 0 Å². The summed E-state index contributed by atoms with van der Waals surface area (Å²) >= 11 is 0. The summed E-state index contributed by atoms with van der Waals surface area (Å²) in [7, 11) is 0. The van der Waals surface area contributed by atoms with Gasteiger partial charge in [-0.2, -0.15) is 0 Å². The van der Waals surface area contributed by atoms with Crippen molar-refractivity contribution < 1.29 is 9.53 Å². The van der Waals surface area contributed by atoms with Crippen LogP contribution in [-0.4, -0.2) is 48.7 Å². The molecular weight excluding hydrogens is 350 g/mol. The van der Waals surface area contributed by atoms with E-state index in [2.05, 4.69) is 66.3 Å². The van der Waals surface area contributed by atoms with E-state index in [-0.39, 0.29) is 24.0 Å². The molecular formula is C23H29N3O2. The van der Waals surface area contributed by atoms with Crippen molar-refractivity contribution in [3.05, 3.63) is 71.8 Å². The van der Waals surface area contributed by atoms with Crippen LogP contribution in [0.25, 0.3) is 0 Å². The van der Waals surface area contributed by atoms with Gasteiger partial charge in [0, 0.05) is 25.0 Å². The number of nitrogens with zero attached hydrogens (tertiary/aromatic N) is 1. The Morgan fingerprint density at radius 2 is 1.71 bits per heavy atom. The standard InChI is InChI=1S/C23H29N3O2/c1-17-14-22(25-24-17)23(27)26-12-13-28-20(16-26)15-21(18-8-4-2-5-9-18)19-10-6-3-7-11-19/h2-11,17,20-22,24-25H,12-16H2,1H3. The van der Waals surface area contributed by atoms with Crippen molar-refractivity contribution >= 4 is 5.91 Å². The molecule has 148 valence electrons. The van der Waals surface area contributed by atoms with Crippen LogP contribution in [-0.2, 0) is 9.53 Å². The van der Waals surface area contributed by atoms with Gasteiger partial charge in [-0.05, 0) is 30.9 Å². The maximum atomic E-state index is 12.9. The molecule has 2 fully saturated rings. The van der Waals surface area contributed by atoms with E-state index in [9.17, 15) is 4.79 Å². The molecule has 2 N–H and O–H groups in total. The number of benzene rings is 2. The van der Waals surface area contributed by atoms with Crippen LogP contribution in [0.3, 0.4) is 0 Å². The van der Waals surface area contributed by atoms with Crippen LogP contribution in [0.2, 0.25) is 0 Å². The van der Waals surface area contributed by atoms with E-state index >= 15 is 0 Å². The van der Waals surface area contributed by atoms with E-state index in [4.69, 9.17) is 4.74 Å². The van der Waals surface area contributed by atoms with E-state index < -0.39 is 0 Å². The predicted molar refractivity (Wildman–Crippen MR) is 110 cm³/mol. The van der Waals surface area contributed by atoms with Crippen LogP contribution in [0.4, 0.5) is 0 Å². The summed E-state index contributed by atoms with van der Waals surface area (Å²) in [6.07, 6.45) is 1.73. The number of amides is 1. The van der Waals surface area contributed by atoms with Gasteiger partial charge in [-0.3, -0.25) is 10.2 Å². The average molecular weight is 380 g/mol. The molecule has 28 heavy (non-hydrogen) atoms. The lowest BCUT2D eigenvalue weighted by Crippen LogP contribution is -2.52. The highest BCUT2D eigenvalue weighted by Gasteiger charge is 2.34. The second-order valence-corrected chi connectivity index (χ2v) is 7.86. The lowest BCUT2D eigenvalue weighted by Gasteiger charge is -2.36. The first-order valence-electron chi connectivity index (χ1n) is 10.2. The molecule has 0 spiro atoms. The summed E-state index contributed by atoms with van der Waals surface area (Å²) in [5, 5.41) is 0.